The number of amides is 1. The Labute approximate surface area is 168 Å². The Morgan fingerprint density at radius 1 is 1.43 bits per heavy atom. The van der Waals surface area contributed by atoms with Gasteiger partial charge in [-0.3, -0.25) is 4.79 Å². The van der Waals surface area contributed by atoms with Crippen LogP contribution in [0.25, 0.3) is 16.0 Å². The first-order valence-corrected chi connectivity index (χ1v) is 10.4. The Morgan fingerprint density at radius 2 is 2.29 bits per heavy atom. The topological polar surface area (TPSA) is 72.3 Å². The quantitative estimate of drug-likeness (QED) is 0.690. The molecule has 0 bridgehead atoms. The van der Waals surface area contributed by atoms with Gasteiger partial charge in [-0.05, 0) is 44.4 Å². The van der Waals surface area contributed by atoms with E-state index in [1.807, 2.05) is 35.7 Å². The van der Waals surface area contributed by atoms with Gasteiger partial charge in [-0.2, -0.15) is 10.1 Å². The first-order chi connectivity index (χ1) is 13.5. The van der Waals surface area contributed by atoms with Gasteiger partial charge in [0.25, 0.3) is 0 Å². The molecule has 1 saturated heterocycles. The standard InChI is InChI=1S/C20H25N5O2S/c1-13-6-4-7-15(10-13)25-19-18(14(2)23-25)28-20(22-19)24(3)12-17(26)21-11-16-8-5-9-27-16/h4,6-7,10,16H,5,8-9,11-12H2,1-3H3,(H,21,26)/t16-/m1/s1. The zero-order valence-corrected chi connectivity index (χ0v) is 17.3. The van der Waals surface area contributed by atoms with Gasteiger partial charge in [0.15, 0.2) is 10.8 Å². The number of carbonyl (C=O) groups is 1. The molecule has 1 amide bonds. The molecule has 4 rings (SSSR count). The average molecular weight is 400 g/mol. The van der Waals surface area contributed by atoms with Crippen LogP contribution in [0.5, 0.6) is 0 Å². The third-order valence-electron chi connectivity index (χ3n) is 4.88. The minimum absolute atomic E-state index is 0.0192. The Bertz CT molecular complexity index is 990. The number of aryl methyl sites for hydroxylation is 2. The second kappa shape index (κ2) is 7.89. The molecule has 3 heterocycles. The van der Waals surface area contributed by atoms with E-state index in [9.17, 15) is 4.79 Å². The summed E-state index contributed by atoms with van der Waals surface area (Å²) < 4.78 is 8.47. The lowest BCUT2D eigenvalue weighted by Crippen LogP contribution is -2.38. The molecule has 0 saturated carbocycles. The number of aromatic nitrogens is 3. The highest BCUT2D eigenvalue weighted by Gasteiger charge is 2.20. The molecule has 1 aliphatic rings. The van der Waals surface area contributed by atoms with Gasteiger partial charge in [0.1, 0.15) is 0 Å². The monoisotopic (exact) mass is 399 g/mol. The van der Waals surface area contributed by atoms with Crippen molar-refractivity contribution < 1.29 is 9.53 Å². The lowest BCUT2D eigenvalue weighted by molar-refractivity contribution is -0.120. The van der Waals surface area contributed by atoms with E-state index in [0.29, 0.717) is 6.54 Å². The summed E-state index contributed by atoms with van der Waals surface area (Å²) in [7, 11) is 1.89. The first kappa shape index (κ1) is 18.9. The van der Waals surface area contributed by atoms with E-state index in [0.717, 1.165) is 46.3 Å². The number of anilines is 1. The summed E-state index contributed by atoms with van der Waals surface area (Å²) in [4.78, 5) is 18.9. The summed E-state index contributed by atoms with van der Waals surface area (Å²) >= 11 is 1.56. The molecule has 148 valence electrons. The van der Waals surface area contributed by atoms with E-state index >= 15 is 0 Å². The third-order valence-corrected chi connectivity index (χ3v) is 6.15. The summed E-state index contributed by atoms with van der Waals surface area (Å²) in [5, 5.41) is 8.42. The predicted octanol–water partition coefficient (Wildman–Crippen LogP) is 2.83. The van der Waals surface area contributed by atoms with Crippen LogP contribution in [0.1, 0.15) is 24.1 Å². The molecular formula is C20H25N5O2S. The highest BCUT2D eigenvalue weighted by Crippen LogP contribution is 2.32. The number of ether oxygens (including phenoxy) is 1. The maximum absolute atomic E-state index is 12.3. The molecule has 3 aromatic rings. The van der Waals surface area contributed by atoms with Gasteiger partial charge in [-0.15, -0.1) is 0 Å². The SMILES string of the molecule is Cc1cccc(-n2nc(C)c3sc(N(C)CC(=O)NC[C@H]4CCCO4)nc32)c1. The van der Waals surface area contributed by atoms with Crippen LogP contribution >= 0.6 is 11.3 Å². The molecule has 0 unspecified atom stereocenters. The molecule has 1 aromatic carbocycles. The number of likely N-dealkylation sites (N-methyl/N-ethyl adjacent to an activating group) is 1. The molecule has 1 N–H and O–H groups in total. The number of hydrogen-bond donors (Lipinski definition) is 1. The molecule has 1 fully saturated rings. The summed E-state index contributed by atoms with van der Waals surface area (Å²) in [5.74, 6) is -0.0192. The normalized spacial score (nSPS) is 16.6. The third kappa shape index (κ3) is 3.88. The van der Waals surface area contributed by atoms with Gasteiger partial charge in [0, 0.05) is 20.2 Å². The van der Waals surface area contributed by atoms with Gasteiger partial charge in [0.2, 0.25) is 5.91 Å². The molecular weight excluding hydrogens is 374 g/mol. The van der Waals surface area contributed by atoms with Gasteiger partial charge >= 0.3 is 0 Å². The van der Waals surface area contributed by atoms with E-state index in [4.69, 9.17) is 9.72 Å². The fraction of sp³-hybridized carbons (Fsp3) is 0.450. The average Bonchev–Trinajstić information content (AvgIpc) is 3.38. The van der Waals surface area contributed by atoms with Crippen molar-refractivity contribution in [3.8, 4) is 5.69 Å². The van der Waals surface area contributed by atoms with Crippen LogP contribution in [0.4, 0.5) is 5.13 Å². The number of carbonyl (C=O) groups excluding carboxylic acids is 1. The Kier molecular flexibility index (Phi) is 5.32. The Balaban J connectivity index is 1.49. The molecule has 8 heteroatoms. The van der Waals surface area contributed by atoms with Crippen molar-refractivity contribution in [2.75, 3.05) is 31.6 Å². The van der Waals surface area contributed by atoms with Gasteiger partial charge in [0.05, 0.1) is 28.7 Å². The first-order valence-electron chi connectivity index (χ1n) is 9.54. The molecule has 1 atom stereocenters. The molecule has 0 aliphatic carbocycles. The van der Waals surface area contributed by atoms with Crippen molar-refractivity contribution in [1.82, 2.24) is 20.1 Å². The number of benzene rings is 1. The zero-order valence-electron chi connectivity index (χ0n) is 16.4. The molecule has 0 spiro atoms. The zero-order chi connectivity index (χ0) is 19.7. The van der Waals surface area contributed by atoms with Crippen LogP contribution in [-0.2, 0) is 9.53 Å². The van der Waals surface area contributed by atoms with Gasteiger partial charge in [-0.1, -0.05) is 23.5 Å². The number of nitrogens with zero attached hydrogens (tertiary/aromatic N) is 4. The second-order valence-electron chi connectivity index (χ2n) is 7.28. The summed E-state index contributed by atoms with van der Waals surface area (Å²) in [6.45, 7) is 5.69. The second-order valence-corrected chi connectivity index (χ2v) is 8.26. The fourth-order valence-electron chi connectivity index (χ4n) is 3.40. The van der Waals surface area contributed by atoms with Gasteiger partial charge < -0.3 is 15.0 Å². The van der Waals surface area contributed by atoms with Crippen molar-refractivity contribution in [3.05, 3.63) is 35.5 Å². The number of rotatable bonds is 6. The molecule has 7 nitrogen and oxygen atoms in total. The minimum atomic E-state index is -0.0192. The maximum Gasteiger partial charge on any atom is 0.239 e. The van der Waals surface area contributed by atoms with E-state index in [-0.39, 0.29) is 18.6 Å². The van der Waals surface area contributed by atoms with E-state index < -0.39 is 0 Å². The van der Waals surface area contributed by atoms with Crippen molar-refractivity contribution in [3.63, 3.8) is 0 Å². The molecule has 2 aromatic heterocycles. The van der Waals surface area contributed by atoms with Crippen molar-refractivity contribution >= 4 is 32.7 Å². The van der Waals surface area contributed by atoms with E-state index in [1.54, 1.807) is 11.3 Å². The molecule has 0 radical (unpaired) electrons. The van der Waals surface area contributed by atoms with Crippen molar-refractivity contribution in [2.45, 2.75) is 32.8 Å². The maximum atomic E-state index is 12.3. The summed E-state index contributed by atoms with van der Waals surface area (Å²) in [6, 6.07) is 8.20. The van der Waals surface area contributed by atoms with E-state index in [2.05, 4.69) is 29.5 Å². The van der Waals surface area contributed by atoms with Crippen LogP contribution in [-0.4, -0.2) is 53.5 Å². The largest absolute Gasteiger partial charge is 0.376 e. The van der Waals surface area contributed by atoms with Crippen LogP contribution < -0.4 is 10.2 Å². The Hall–Kier alpha value is -2.45. The summed E-state index contributed by atoms with van der Waals surface area (Å²) in [6.07, 6.45) is 2.24. The number of nitrogens with one attached hydrogen (secondary N) is 1. The number of fused-ring (bicyclic) bond motifs is 1. The highest BCUT2D eigenvalue weighted by molar-refractivity contribution is 7.22. The van der Waals surface area contributed by atoms with Crippen LogP contribution in [0.2, 0.25) is 0 Å². The fourth-order valence-corrected chi connectivity index (χ4v) is 4.35. The van der Waals surface area contributed by atoms with Crippen LogP contribution in [0.3, 0.4) is 0 Å². The summed E-state index contributed by atoms with van der Waals surface area (Å²) in [5.41, 5.74) is 3.94. The lowest BCUT2D eigenvalue weighted by atomic mass is 10.2. The smallest absolute Gasteiger partial charge is 0.239 e. The highest BCUT2D eigenvalue weighted by atomic mass is 32.1. The van der Waals surface area contributed by atoms with Crippen molar-refractivity contribution in [2.24, 2.45) is 0 Å². The lowest BCUT2D eigenvalue weighted by Gasteiger charge is -2.16. The number of thiazole rings is 1. The van der Waals surface area contributed by atoms with Crippen LogP contribution in [0, 0.1) is 13.8 Å². The van der Waals surface area contributed by atoms with E-state index in [1.165, 1.54) is 5.56 Å². The minimum Gasteiger partial charge on any atom is -0.376 e. The number of hydrogen-bond acceptors (Lipinski definition) is 6. The Morgan fingerprint density at radius 3 is 3.04 bits per heavy atom. The van der Waals surface area contributed by atoms with Crippen LogP contribution in [0.15, 0.2) is 24.3 Å². The molecule has 28 heavy (non-hydrogen) atoms. The van der Waals surface area contributed by atoms with Gasteiger partial charge in [-0.25, -0.2) is 4.68 Å². The van der Waals surface area contributed by atoms with Crippen molar-refractivity contribution in [1.29, 1.82) is 0 Å². The molecule has 1 aliphatic heterocycles. The predicted molar refractivity (Wildman–Crippen MR) is 111 cm³/mol.